The van der Waals surface area contributed by atoms with Crippen LogP contribution in [0.1, 0.15) is 33.1 Å². The van der Waals surface area contributed by atoms with Crippen molar-refractivity contribution in [3.8, 4) is 0 Å². The summed E-state index contributed by atoms with van der Waals surface area (Å²) in [5.41, 5.74) is 0.255. The molecule has 0 atom stereocenters. The smallest absolute Gasteiger partial charge is 0.0148 e. The van der Waals surface area contributed by atoms with Gasteiger partial charge in [0, 0.05) is 24.7 Å². The van der Waals surface area contributed by atoms with Crippen LogP contribution in [0.3, 0.4) is 0 Å². The lowest BCUT2D eigenvalue weighted by atomic mass is 9.96. The average molecular weight is 198 g/mol. The van der Waals surface area contributed by atoms with Crippen LogP contribution in [0.5, 0.6) is 0 Å². The Kier molecular flexibility index (Phi) is 4.85. The highest BCUT2D eigenvalue weighted by molar-refractivity contribution is 4.85. The van der Waals surface area contributed by atoms with Gasteiger partial charge in [-0.25, -0.2) is 5.32 Å². The van der Waals surface area contributed by atoms with E-state index in [4.69, 9.17) is 0 Å². The zero-order valence-electron chi connectivity index (χ0n) is 9.77. The van der Waals surface area contributed by atoms with Gasteiger partial charge in [0.15, 0.2) is 0 Å². The first-order valence-corrected chi connectivity index (χ1v) is 5.69. The second kappa shape index (κ2) is 5.69. The summed E-state index contributed by atoms with van der Waals surface area (Å²) in [7, 11) is 2.01. The molecule has 0 aliphatic carbocycles. The molecule has 0 aromatic rings. The largest absolute Gasteiger partial charge is 0.320 e. The fraction of sp³-hybridized carbons (Fsp3) is 1.00. The quantitative estimate of drug-likeness (QED) is 0.683. The van der Waals surface area contributed by atoms with E-state index in [1.165, 1.54) is 19.3 Å². The minimum atomic E-state index is 0.255. The maximum Gasteiger partial charge on any atom is 0.0148 e. The van der Waals surface area contributed by atoms with Crippen LogP contribution in [0.4, 0.5) is 0 Å². The van der Waals surface area contributed by atoms with Crippen molar-refractivity contribution in [1.29, 1.82) is 0 Å². The van der Waals surface area contributed by atoms with Gasteiger partial charge in [0.1, 0.15) is 0 Å². The van der Waals surface area contributed by atoms with Crippen molar-refractivity contribution in [2.45, 2.75) is 44.7 Å². The van der Waals surface area contributed by atoms with Crippen LogP contribution in [-0.4, -0.2) is 38.3 Å². The maximum atomic E-state index is 4.37. The number of hydrogen-bond donors (Lipinski definition) is 2. The summed E-state index contributed by atoms with van der Waals surface area (Å²) >= 11 is 0. The van der Waals surface area contributed by atoms with E-state index in [1.807, 2.05) is 7.05 Å². The fourth-order valence-corrected chi connectivity index (χ4v) is 1.96. The normalized spacial score (nSPS) is 19.9. The second-order valence-electron chi connectivity index (χ2n) is 4.83. The van der Waals surface area contributed by atoms with Gasteiger partial charge < -0.3 is 10.6 Å². The molecule has 1 rings (SSSR count). The molecule has 3 heteroatoms. The van der Waals surface area contributed by atoms with E-state index in [0.717, 1.165) is 19.6 Å². The number of piperidine rings is 1. The molecule has 1 radical (unpaired) electrons. The molecule has 1 aliphatic rings. The Balaban J connectivity index is 2.25. The molecule has 1 heterocycles. The highest BCUT2D eigenvalue weighted by Gasteiger charge is 2.22. The third kappa shape index (κ3) is 4.40. The van der Waals surface area contributed by atoms with Crippen LogP contribution in [0.15, 0.2) is 0 Å². The zero-order chi connectivity index (χ0) is 10.4. The summed E-state index contributed by atoms with van der Waals surface area (Å²) in [6.07, 6.45) is 3.60. The molecule has 0 spiro atoms. The van der Waals surface area contributed by atoms with Gasteiger partial charge in [0.25, 0.3) is 0 Å². The highest BCUT2D eigenvalue weighted by Crippen LogP contribution is 2.13. The van der Waals surface area contributed by atoms with Gasteiger partial charge in [-0.15, -0.1) is 0 Å². The zero-order valence-corrected chi connectivity index (χ0v) is 9.77. The van der Waals surface area contributed by atoms with Crippen LogP contribution in [0.2, 0.25) is 0 Å². The predicted molar refractivity (Wildman–Crippen MR) is 60.6 cm³/mol. The SMILES string of the molecule is CNCCC(C)(C)NC1CC[N]CC1. The number of nitrogens with zero attached hydrogens (tertiary/aromatic N) is 1. The van der Waals surface area contributed by atoms with Crippen molar-refractivity contribution >= 4 is 0 Å². The van der Waals surface area contributed by atoms with Crippen molar-refractivity contribution in [3.05, 3.63) is 0 Å². The lowest BCUT2D eigenvalue weighted by molar-refractivity contribution is 0.272. The minimum absolute atomic E-state index is 0.255. The summed E-state index contributed by atoms with van der Waals surface area (Å²) in [5.74, 6) is 0. The second-order valence-corrected chi connectivity index (χ2v) is 4.83. The van der Waals surface area contributed by atoms with Crippen LogP contribution >= 0.6 is 0 Å². The van der Waals surface area contributed by atoms with E-state index in [2.05, 4.69) is 29.8 Å². The first kappa shape index (κ1) is 12.0. The number of rotatable bonds is 5. The Bertz CT molecular complexity index is 151. The summed E-state index contributed by atoms with van der Waals surface area (Å²) < 4.78 is 0. The first-order valence-electron chi connectivity index (χ1n) is 5.69. The van der Waals surface area contributed by atoms with Gasteiger partial charge in [-0.3, -0.25) is 0 Å². The topological polar surface area (TPSA) is 38.2 Å². The Morgan fingerprint density at radius 3 is 2.50 bits per heavy atom. The van der Waals surface area contributed by atoms with Gasteiger partial charge in [0.2, 0.25) is 0 Å². The molecule has 1 aliphatic heterocycles. The molecule has 0 amide bonds. The monoisotopic (exact) mass is 198 g/mol. The third-order valence-corrected chi connectivity index (χ3v) is 2.87. The molecule has 1 fully saturated rings. The van der Waals surface area contributed by atoms with Crippen molar-refractivity contribution in [1.82, 2.24) is 16.0 Å². The summed E-state index contributed by atoms with van der Waals surface area (Å²) in [4.78, 5) is 0. The molecule has 0 saturated carbocycles. The van der Waals surface area contributed by atoms with E-state index in [-0.39, 0.29) is 5.54 Å². The van der Waals surface area contributed by atoms with Crippen LogP contribution in [0.25, 0.3) is 0 Å². The molecule has 0 aromatic heterocycles. The molecule has 0 aromatic carbocycles. The van der Waals surface area contributed by atoms with Gasteiger partial charge in [-0.1, -0.05) is 0 Å². The molecule has 14 heavy (non-hydrogen) atoms. The molecule has 3 nitrogen and oxygen atoms in total. The lowest BCUT2D eigenvalue weighted by Crippen LogP contribution is -2.49. The van der Waals surface area contributed by atoms with Crippen molar-refractivity contribution in [2.75, 3.05) is 26.7 Å². The van der Waals surface area contributed by atoms with E-state index in [1.54, 1.807) is 0 Å². The van der Waals surface area contributed by atoms with E-state index >= 15 is 0 Å². The Morgan fingerprint density at radius 1 is 1.29 bits per heavy atom. The van der Waals surface area contributed by atoms with Crippen LogP contribution < -0.4 is 16.0 Å². The Hall–Kier alpha value is -0.120. The average Bonchev–Trinajstić information content (AvgIpc) is 2.16. The molecule has 0 bridgehead atoms. The van der Waals surface area contributed by atoms with Crippen LogP contribution in [0, 0.1) is 0 Å². The van der Waals surface area contributed by atoms with E-state index in [0.29, 0.717) is 6.04 Å². The molecule has 83 valence electrons. The highest BCUT2D eigenvalue weighted by atomic mass is 15.0. The molecular formula is C11H24N3. The Labute approximate surface area is 88.0 Å². The lowest BCUT2D eigenvalue weighted by Gasteiger charge is -2.34. The van der Waals surface area contributed by atoms with Crippen molar-refractivity contribution < 1.29 is 0 Å². The molecule has 0 unspecified atom stereocenters. The van der Waals surface area contributed by atoms with Gasteiger partial charge in [-0.2, -0.15) is 0 Å². The number of hydrogen-bond acceptors (Lipinski definition) is 2. The standard InChI is InChI=1S/C11H24N3/c1-11(2,6-9-12-3)14-10-4-7-13-8-5-10/h10,12,14H,4-9H2,1-3H3. The molecule has 1 saturated heterocycles. The molecule has 2 N–H and O–H groups in total. The summed E-state index contributed by atoms with van der Waals surface area (Å²) in [6.45, 7) is 7.74. The summed E-state index contributed by atoms with van der Waals surface area (Å²) in [5, 5.41) is 11.3. The first-order chi connectivity index (χ1) is 6.64. The van der Waals surface area contributed by atoms with Crippen molar-refractivity contribution in [2.24, 2.45) is 0 Å². The van der Waals surface area contributed by atoms with Crippen LogP contribution in [-0.2, 0) is 0 Å². The number of nitrogens with one attached hydrogen (secondary N) is 2. The minimum Gasteiger partial charge on any atom is -0.320 e. The Morgan fingerprint density at radius 2 is 1.93 bits per heavy atom. The van der Waals surface area contributed by atoms with E-state index < -0.39 is 0 Å². The predicted octanol–water partition coefficient (Wildman–Crippen LogP) is 0.731. The van der Waals surface area contributed by atoms with Gasteiger partial charge in [0.05, 0.1) is 0 Å². The fourth-order valence-electron chi connectivity index (χ4n) is 1.96. The van der Waals surface area contributed by atoms with Gasteiger partial charge >= 0.3 is 0 Å². The van der Waals surface area contributed by atoms with Crippen molar-refractivity contribution in [3.63, 3.8) is 0 Å². The third-order valence-electron chi connectivity index (χ3n) is 2.87. The van der Waals surface area contributed by atoms with E-state index in [9.17, 15) is 0 Å². The summed E-state index contributed by atoms with van der Waals surface area (Å²) in [6, 6.07) is 0.680. The molecular weight excluding hydrogens is 174 g/mol. The maximum absolute atomic E-state index is 4.37. The van der Waals surface area contributed by atoms with Gasteiger partial charge in [-0.05, 0) is 46.7 Å².